The van der Waals surface area contributed by atoms with Crippen molar-refractivity contribution in [1.82, 2.24) is 10.6 Å². The van der Waals surface area contributed by atoms with E-state index in [0.717, 1.165) is 11.3 Å². The smallest absolute Gasteiger partial charge is 0.261 e. The number of ether oxygens (including phenoxy) is 2. The lowest BCUT2D eigenvalue weighted by Gasteiger charge is -2.25. The summed E-state index contributed by atoms with van der Waals surface area (Å²) in [5.41, 5.74) is 0.946. The zero-order valence-corrected chi connectivity index (χ0v) is 15.6. The number of fused-ring (bicyclic) bond motifs is 1. The third-order valence-corrected chi connectivity index (χ3v) is 4.93. The number of hydrogen-bond donors (Lipinski definition) is 2. The molecular formula is C19H22N2O4S. The first kappa shape index (κ1) is 18.3. The quantitative estimate of drug-likeness (QED) is 0.815. The molecule has 2 heterocycles. The van der Waals surface area contributed by atoms with Crippen molar-refractivity contribution in [3.05, 3.63) is 46.2 Å². The maximum Gasteiger partial charge on any atom is 0.261 e. The van der Waals surface area contributed by atoms with Crippen LogP contribution in [0.4, 0.5) is 0 Å². The third-order valence-electron chi connectivity index (χ3n) is 4.06. The van der Waals surface area contributed by atoms with Gasteiger partial charge in [-0.3, -0.25) is 9.59 Å². The van der Waals surface area contributed by atoms with Crippen LogP contribution < -0.4 is 20.1 Å². The lowest BCUT2D eigenvalue weighted by molar-refractivity contribution is -0.121. The summed E-state index contributed by atoms with van der Waals surface area (Å²) in [7, 11) is 0. The summed E-state index contributed by atoms with van der Waals surface area (Å²) in [5, 5.41) is 7.46. The summed E-state index contributed by atoms with van der Waals surface area (Å²) in [6, 6.07) is 9.05. The first-order valence-corrected chi connectivity index (χ1v) is 9.43. The van der Waals surface area contributed by atoms with Gasteiger partial charge in [-0.15, -0.1) is 11.3 Å². The first-order chi connectivity index (χ1) is 12.5. The normalized spacial score (nSPS) is 14.0. The minimum atomic E-state index is -0.240. The molecule has 6 nitrogen and oxygen atoms in total. The molecule has 0 aliphatic carbocycles. The third kappa shape index (κ3) is 4.35. The molecule has 26 heavy (non-hydrogen) atoms. The second-order valence-electron chi connectivity index (χ2n) is 6.35. The Bertz CT molecular complexity index is 774. The molecule has 2 amide bonds. The number of nitrogens with one attached hydrogen (secondary N) is 2. The first-order valence-electron chi connectivity index (χ1n) is 8.55. The minimum absolute atomic E-state index is 0.0650. The molecule has 1 atom stereocenters. The molecule has 3 rings (SSSR count). The van der Waals surface area contributed by atoms with Crippen molar-refractivity contribution >= 4 is 23.2 Å². The monoisotopic (exact) mass is 374 g/mol. The Kier molecular flexibility index (Phi) is 5.78. The van der Waals surface area contributed by atoms with Crippen LogP contribution in [0.3, 0.4) is 0 Å². The maximum absolute atomic E-state index is 12.3. The zero-order valence-electron chi connectivity index (χ0n) is 14.8. The van der Waals surface area contributed by atoms with Gasteiger partial charge in [0.2, 0.25) is 5.91 Å². The van der Waals surface area contributed by atoms with E-state index in [-0.39, 0.29) is 30.3 Å². The number of benzene rings is 1. The maximum atomic E-state index is 12.3. The highest BCUT2D eigenvalue weighted by atomic mass is 32.1. The molecule has 0 spiro atoms. The second-order valence-corrected chi connectivity index (χ2v) is 7.30. The minimum Gasteiger partial charge on any atom is -0.486 e. The molecule has 0 bridgehead atoms. The molecule has 1 aromatic carbocycles. The number of rotatable bonds is 6. The molecule has 0 unspecified atom stereocenters. The van der Waals surface area contributed by atoms with Crippen LogP contribution in [0.1, 0.15) is 35.1 Å². The van der Waals surface area contributed by atoms with E-state index in [0.29, 0.717) is 23.8 Å². The van der Waals surface area contributed by atoms with Gasteiger partial charge in [0, 0.05) is 0 Å². The van der Waals surface area contributed by atoms with Crippen molar-refractivity contribution in [3.63, 3.8) is 0 Å². The zero-order chi connectivity index (χ0) is 18.5. The number of carbonyl (C=O) groups is 2. The molecule has 1 aliphatic rings. The predicted molar refractivity (Wildman–Crippen MR) is 99.8 cm³/mol. The van der Waals surface area contributed by atoms with Crippen molar-refractivity contribution in [2.45, 2.75) is 19.9 Å². The van der Waals surface area contributed by atoms with Crippen molar-refractivity contribution in [2.24, 2.45) is 5.92 Å². The molecular weight excluding hydrogens is 352 g/mol. The van der Waals surface area contributed by atoms with E-state index < -0.39 is 0 Å². The standard InChI is InChI=1S/C19H22N2O4S/c1-12(2)18(13-5-6-14-15(10-13)25-8-7-24-14)21-17(22)11-20-19(23)16-4-3-9-26-16/h3-6,9-10,12,18H,7-8,11H2,1-2H3,(H,20,23)(H,21,22)/t18-/m1/s1. The van der Waals surface area contributed by atoms with Gasteiger partial charge in [-0.25, -0.2) is 0 Å². The summed E-state index contributed by atoms with van der Waals surface area (Å²) >= 11 is 1.34. The van der Waals surface area contributed by atoms with E-state index in [1.54, 1.807) is 12.1 Å². The van der Waals surface area contributed by atoms with Crippen LogP contribution >= 0.6 is 11.3 Å². The molecule has 138 valence electrons. The van der Waals surface area contributed by atoms with Gasteiger partial charge in [-0.1, -0.05) is 26.0 Å². The fourth-order valence-electron chi connectivity index (χ4n) is 2.77. The summed E-state index contributed by atoms with van der Waals surface area (Å²) in [4.78, 5) is 24.9. The number of thiophene rings is 1. The van der Waals surface area contributed by atoms with E-state index in [2.05, 4.69) is 10.6 Å². The lowest BCUT2D eigenvalue weighted by Crippen LogP contribution is -2.40. The molecule has 0 radical (unpaired) electrons. The van der Waals surface area contributed by atoms with Gasteiger partial charge in [0.1, 0.15) is 13.2 Å². The van der Waals surface area contributed by atoms with Crippen molar-refractivity contribution in [2.75, 3.05) is 19.8 Å². The Labute approximate surface area is 156 Å². The Hall–Kier alpha value is -2.54. The highest BCUT2D eigenvalue weighted by Gasteiger charge is 2.21. The average Bonchev–Trinajstić information content (AvgIpc) is 3.18. The van der Waals surface area contributed by atoms with Crippen LogP contribution in [0.25, 0.3) is 0 Å². The van der Waals surface area contributed by atoms with Crippen LogP contribution in [0, 0.1) is 5.92 Å². The van der Waals surface area contributed by atoms with Crippen molar-refractivity contribution in [3.8, 4) is 11.5 Å². The molecule has 1 aliphatic heterocycles. The molecule has 0 saturated carbocycles. The molecule has 0 saturated heterocycles. The fraction of sp³-hybridized carbons (Fsp3) is 0.368. The van der Waals surface area contributed by atoms with Gasteiger partial charge < -0.3 is 20.1 Å². The predicted octanol–water partition coefficient (Wildman–Crippen LogP) is 2.76. The van der Waals surface area contributed by atoms with Crippen LogP contribution in [-0.4, -0.2) is 31.6 Å². The number of hydrogen-bond acceptors (Lipinski definition) is 5. The highest BCUT2D eigenvalue weighted by molar-refractivity contribution is 7.12. The van der Waals surface area contributed by atoms with Crippen LogP contribution in [0.5, 0.6) is 11.5 Å². The Morgan fingerprint density at radius 2 is 1.92 bits per heavy atom. The Balaban J connectivity index is 1.63. The summed E-state index contributed by atoms with van der Waals surface area (Å²) in [6.07, 6.45) is 0. The van der Waals surface area contributed by atoms with Crippen molar-refractivity contribution in [1.29, 1.82) is 0 Å². The molecule has 0 fully saturated rings. The van der Waals surface area contributed by atoms with Gasteiger partial charge in [0.25, 0.3) is 5.91 Å². The Morgan fingerprint density at radius 3 is 2.62 bits per heavy atom. The summed E-state index contributed by atoms with van der Waals surface area (Å²) in [6.45, 7) is 5.06. The van der Waals surface area contributed by atoms with E-state index in [4.69, 9.17) is 9.47 Å². The van der Waals surface area contributed by atoms with Crippen LogP contribution in [0.2, 0.25) is 0 Å². The molecule has 2 N–H and O–H groups in total. The van der Waals surface area contributed by atoms with E-state index in [1.807, 2.05) is 37.4 Å². The summed E-state index contributed by atoms with van der Waals surface area (Å²) in [5.74, 6) is 1.12. The van der Waals surface area contributed by atoms with Gasteiger partial charge in [-0.05, 0) is 35.1 Å². The van der Waals surface area contributed by atoms with Gasteiger partial charge in [-0.2, -0.15) is 0 Å². The van der Waals surface area contributed by atoms with E-state index in [9.17, 15) is 9.59 Å². The molecule has 2 aromatic rings. The molecule has 1 aromatic heterocycles. The number of amides is 2. The van der Waals surface area contributed by atoms with Gasteiger partial charge >= 0.3 is 0 Å². The summed E-state index contributed by atoms with van der Waals surface area (Å²) < 4.78 is 11.2. The van der Waals surface area contributed by atoms with Crippen LogP contribution in [0.15, 0.2) is 35.7 Å². The Morgan fingerprint density at radius 1 is 1.15 bits per heavy atom. The van der Waals surface area contributed by atoms with E-state index >= 15 is 0 Å². The molecule has 7 heteroatoms. The second kappa shape index (κ2) is 8.23. The van der Waals surface area contributed by atoms with E-state index in [1.165, 1.54) is 11.3 Å². The van der Waals surface area contributed by atoms with Gasteiger partial charge in [0.15, 0.2) is 11.5 Å². The number of carbonyl (C=O) groups excluding carboxylic acids is 2. The topological polar surface area (TPSA) is 76.7 Å². The largest absolute Gasteiger partial charge is 0.486 e. The SMILES string of the molecule is CC(C)[C@@H](NC(=O)CNC(=O)c1cccs1)c1ccc2c(c1)OCCO2. The average molecular weight is 374 g/mol. The van der Waals surface area contributed by atoms with Gasteiger partial charge in [0.05, 0.1) is 17.5 Å². The fourth-order valence-corrected chi connectivity index (χ4v) is 3.41. The highest BCUT2D eigenvalue weighted by Crippen LogP contribution is 2.34. The van der Waals surface area contributed by atoms with Crippen molar-refractivity contribution < 1.29 is 19.1 Å². The lowest BCUT2D eigenvalue weighted by atomic mass is 9.95. The van der Waals surface area contributed by atoms with Crippen LogP contribution in [-0.2, 0) is 4.79 Å².